The van der Waals surface area contributed by atoms with E-state index < -0.39 is 14.6 Å². The highest BCUT2D eigenvalue weighted by Gasteiger charge is 2.27. The van der Waals surface area contributed by atoms with Crippen molar-refractivity contribution >= 4 is 9.84 Å². The third-order valence-corrected chi connectivity index (χ3v) is 5.57. The molecule has 1 N–H and O–H groups in total. The van der Waals surface area contributed by atoms with Crippen molar-refractivity contribution in [3.63, 3.8) is 0 Å². The minimum absolute atomic E-state index is 0.182. The van der Waals surface area contributed by atoms with Gasteiger partial charge in [0.05, 0.1) is 10.5 Å². The summed E-state index contributed by atoms with van der Waals surface area (Å²) in [5.41, 5.74) is 1.14. The Morgan fingerprint density at radius 1 is 1.33 bits per heavy atom. The zero-order valence-electron chi connectivity index (χ0n) is 11.6. The first-order valence-electron chi connectivity index (χ1n) is 6.14. The van der Waals surface area contributed by atoms with Gasteiger partial charge < -0.3 is 5.32 Å². The summed E-state index contributed by atoms with van der Waals surface area (Å²) >= 11 is 0. The summed E-state index contributed by atoms with van der Waals surface area (Å²) < 4.78 is 24.8. The standard InChI is InChI=1S/C12H23N3O2S/c1-12(2,3)18(16,17)10-9-13-7-5-11-6-8-14-15(11)4/h6,8,13H,5,7,9-10H2,1-4H3. The van der Waals surface area contributed by atoms with Crippen molar-refractivity contribution in [3.05, 3.63) is 18.0 Å². The van der Waals surface area contributed by atoms with Crippen LogP contribution in [0.15, 0.2) is 12.3 Å². The van der Waals surface area contributed by atoms with E-state index in [9.17, 15) is 8.42 Å². The van der Waals surface area contributed by atoms with Crippen LogP contribution in [0, 0.1) is 0 Å². The smallest absolute Gasteiger partial charge is 0.156 e. The lowest BCUT2D eigenvalue weighted by molar-refractivity contribution is 0.555. The van der Waals surface area contributed by atoms with Crippen molar-refractivity contribution in [2.45, 2.75) is 31.9 Å². The summed E-state index contributed by atoms with van der Waals surface area (Å²) in [5, 5.41) is 7.24. The Kier molecular flexibility index (Phi) is 4.92. The molecule has 0 saturated carbocycles. The third-order valence-electron chi connectivity index (χ3n) is 2.96. The molecule has 1 aromatic rings. The molecule has 0 amide bonds. The Hall–Kier alpha value is -0.880. The van der Waals surface area contributed by atoms with Crippen LogP contribution in [0.3, 0.4) is 0 Å². The van der Waals surface area contributed by atoms with Crippen LogP contribution in [0.2, 0.25) is 0 Å². The van der Waals surface area contributed by atoms with Gasteiger partial charge in [-0.1, -0.05) is 0 Å². The van der Waals surface area contributed by atoms with Crippen molar-refractivity contribution in [1.29, 1.82) is 0 Å². The first-order chi connectivity index (χ1) is 8.24. The first-order valence-corrected chi connectivity index (χ1v) is 7.79. The van der Waals surface area contributed by atoms with E-state index in [4.69, 9.17) is 0 Å². The van der Waals surface area contributed by atoms with Gasteiger partial charge in [0.2, 0.25) is 0 Å². The summed E-state index contributed by atoms with van der Waals surface area (Å²) in [4.78, 5) is 0. The molecular formula is C12H23N3O2S. The second-order valence-electron chi connectivity index (χ2n) is 5.38. The maximum atomic E-state index is 11.8. The van der Waals surface area contributed by atoms with Crippen molar-refractivity contribution < 1.29 is 8.42 Å². The van der Waals surface area contributed by atoms with Crippen molar-refractivity contribution in [2.24, 2.45) is 7.05 Å². The molecule has 104 valence electrons. The molecule has 0 fully saturated rings. The van der Waals surface area contributed by atoms with Gasteiger partial charge in [-0.2, -0.15) is 5.10 Å². The van der Waals surface area contributed by atoms with Gasteiger partial charge in [-0.25, -0.2) is 8.42 Å². The van der Waals surface area contributed by atoms with Crippen LogP contribution in [-0.2, 0) is 23.3 Å². The van der Waals surface area contributed by atoms with Gasteiger partial charge >= 0.3 is 0 Å². The molecule has 6 heteroatoms. The SMILES string of the molecule is Cn1nccc1CCNCCS(=O)(=O)C(C)(C)C. The van der Waals surface area contributed by atoms with Crippen LogP contribution in [-0.4, -0.2) is 41.8 Å². The van der Waals surface area contributed by atoms with E-state index in [0.717, 1.165) is 18.7 Å². The van der Waals surface area contributed by atoms with Crippen LogP contribution in [0.5, 0.6) is 0 Å². The molecule has 0 aliphatic rings. The summed E-state index contributed by atoms with van der Waals surface area (Å²) in [5.74, 6) is 0.182. The largest absolute Gasteiger partial charge is 0.315 e. The highest BCUT2D eigenvalue weighted by atomic mass is 32.2. The number of nitrogens with one attached hydrogen (secondary N) is 1. The van der Waals surface area contributed by atoms with E-state index in [1.807, 2.05) is 17.8 Å². The zero-order valence-corrected chi connectivity index (χ0v) is 12.4. The van der Waals surface area contributed by atoms with Crippen LogP contribution in [0.25, 0.3) is 0 Å². The molecule has 1 heterocycles. The average molecular weight is 273 g/mol. The molecule has 0 aromatic carbocycles. The molecular weight excluding hydrogens is 250 g/mol. The van der Waals surface area contributed by atoms with Gasteiger partial charge in [0.1, 0.15) is 0 Å². The Morgan fingerprint density at radius 2 is 2.00 bits per heavy atom. The highest BCUT2D eigenvalue weighted by Crippen LogP contribution is 2.15. The maximum Gasteiger partial charge on any atom is 0.156 e. The van der Waals surface area contributed by atoms with E-state index in [-0.39, 0.29) is 5.75 Å². The van der Waals surface area contributed by atoms with Gasteiger partial charge in [-0.15, -0.1) is 0 Å². The lowest BCUT2D eigenvalue weighted by Gasteiger charge is -2.19. The molecule has 0 aliphatic carbocycles. The Balaban J connectivity index is 2.26. The second-order valence-corrected chi connectivity index (χ2v) is 8.24. The lowest BCUT2D eigenvalue weighted by Crippen LogP contribution is -2.35. The number of aryl methyl sites for hydroxylation is 1. The number of aromatic nitrogens is 2. The number of rotatable bonds is 6. The summed E-state index contributed by atoms with van der Waals surface area (Å²) in [6.45, 7) is 6.46. The molecule has 0 bridgehead atoms. The van der Waals surface area contributed by atoms with Crippen LogP contribution < -0.4 is 5.32 Å². The molecule has 0 aliphatic heterocycles. The van der Waals surface area contributed by atoms with E-state index in [0.29, 0.717) is 6.54 Å². The number of sulfone groups is 1. The number of hydrogen-bond acceptors (Lipinski definition) is 4. The second kappa shape index (κ2) is 5.84. The fourth-order valence-electron chi connectivity index (χ4n) is 1.50. The Bertz CT molecular complexity index is 472. The molecule has 1 rings (SSSR count). The van der Waals surface area contributed by atoms with E-state index >= 15 is 0 Å². The van der Waals surface area contributed by atoms with Crippen LogP contribution >= 0.6 is 0 Å². The predicted octanol–water partition coefficient (Wildman–Crippen LogP) is 0.766. The maximum absolute atomic E-state index is 11.8. The fraction of sp³-hybridized carbons (Fsp3) is 0.750. The Labute approximate surface area is 109 Å². The van der Waals surface area contributed by atoms with Gasteiger partial charge in [-0.3, -0.25) is 4.68 Å². The minimum atomic E-state index is -3.02. The van der Waals surface area contributed by atoms with E-state index in [1.54, 1.807) is 27.0 Å². The summed E-state index contributed by atoms with van der Waals surface area (Å²) in [7, 11) is -1.12. The fourth-order valence-corrected chi connectivity index (χ4v) is 2.53. The molecule has 0 radical (unpaired) electrons. The average Bonchev–Trinajstić information content (AvgIpc) is 2.62. The molecule has 18 heavy (non-hydrogen) atoms. The molecule has 0 atom stereocenters. The predicted molar refractivity (Wildman–Crippen MR) is 73.3 cm³/mol. The van der Waals surface area contributed by atoms with Gasteiger partial charge in [-0.05, 0) is 26.8 Å². The third kappa shape index (κ3) is 4.10. The van der Waals surface area contributed by atoms with Crippen molar-refractivity contribution in [3.8, 4) is 0 Å². The molecule has 0 unspecified atom stereocenters. The van der Waals surface area contributed by atoms with Crippen LogP contribution in [0.1, 0.15) is 26.5 Å². The molecule has 0 saturated heterocycles. The Morgan fingerprint density at radius 3 is 2.50 bits per heavy atom. The first kappa shape index (κ1) is 15.2. The molecule has 0 spiro atoms. The normalized spacial score (nSPS) is 12.9. The lowest BCUT2D eigenvalue weighted by atomic mass is 10.3. The highest BCUT2D eigenvalue weighted by molar-refractivity contribution is 7.92. The zero-order chi connectivity index (χ0) is 13.8. The quantitative estimate of drug-likeness (QED) is 0.778. The van der Waals surface area contributed by atoms with E-state index in [2.05, 4.69) is 10.4 Å². The number of nitrogens with zero attached hydrogens (tertiary/aromatic N) is 2. The summed E-state index contributed by atoms with van der Waals surface area (Å²) in [6.07, 6.45) is 2.62. The van der Waals surface area contributed by atoms with Gasteiger partial charge in [0.15, 0.2) is 9.84 Å². The monoisotopic (exact) mass is 273 g/mol. The van der Waals surface area contributed by atoms with Crippen LogP contribution in [0.4, 0.5) is 0 Å². The van der Waals surface area contributed by atoms with Crippen molar-refractivity contribution in [1.82, 2.24) is 15.1 Å². The van der Waals surface area contributed by atoms with Crippen molar-refractivity contribution in [2.75, 3.05) is 18.8 Å². The number of hydrogen-bond donors (Lipinski definition) is 1. The van der Waals surface area contributed by atoms with Gasteiger partial charge in [0.25, 0.3) is 0 Å². The topological polar surface area (TPSA) is 64.0 Å². The van der Waals surface area contributed by atoms with E-state index in [1.165, 1.54) is 0 Å². The summed E-state index contributed by atoms with van der Waals surface area (Å²) in [6, 6.07) is 1.97. The molecule has 5 nitrogen and oxygen atoms in total. The molecule has 1 aromatic heterocycles. The minimum Gasteiger partial charge on any atom is -0.315 e. The van der Waals surface area contributed by atoms with Gasteiger partial charge in [0, 0.05) is 38.4 Å².